The van der Waals surface area contributed by atoms with E-state index in [2.05, 4.69) is 102 Å². The molecule has 1 nitrogen and oxygen atoms in total. The van der Waals surface area contributed by atoms with Crippen LogP contribution in [-0.4, -0.2) is 4.40 Å². The van der Waals surface area contributed by atoms with E-state index in [9.17, 15) is 0 Å². The SMILES string of the molecule is C=c1c2cccc3cccc(c32)c2cc3c4ccccc4c4ccccc4c3n12. The first-order chi connectivity index (χ1) is 14.3. The van der Waals surface area contributed by atoms with Crippen LogP contribution in [0.1, 0.15) is 0 Å². The zero-order valence-electron chi connectivity index (χ0n) is 15.8. The molecule has 0 bridgehead atoms. The van der Waals surface area contributed by atoms with Gasteiger partial charge in [0.1, 0.15) is 0 Å². The van der Waals surface area contributed by atoms with Gasteiger partial charge in [0.25, 0.3) is 0 Å². The van der Waals surface area contributed by atoms with Crippen molar-refractivity contribution in [2.75, 3.05) is 0 Å². The Labute approximate surface area is 167 Å². The average molecular weight is 367 g/mol. The van der Waals surface area contributed by atoms with Crippen molar-refractivity contribution in [3.63, 3.8) is 0 Å². The molecule has 1 heteroatoms. The minimum absolute atomic E-state index is 1.06. The molecular formula is C28H17N. The van der Waals surface area contributed by atoms with Gasteiger partial charge in [-0.2, -0.15) is 0 Å². The maximum Gasteiger partial charge on any atom is 0.0619 e. The molecule has 0 saturated carbocycles. The Kier molecular flexibility index (Phi) is 2.69. The molecule has 29 heavy (non-hydrogen) atoms. The fraction of sp³-hybridized carbons (Fsp3) is 0. The molecule has 0 aliphatic carbocycles. The molecule has 2 heterocycles. The van der Waals surface area contributed by atoms with Crippen molar-refractivity contribution in [1.82, 2.24) is 4.40 Å². The quantitative estimate of drug-likeness (QED) is 0.259. The summed E-state index contributed by atoms with van der Waals surface area (Å²) in [6.45, 7) is 4.55. The van der Waals surface area contributed by atoms with E-state index in [1.54, 1.807) is 0 Å². The molecule has 0 spiro atoms. The zero-order chi connectivity index (χ0) is 19.1. The van der Waals surface area contributed by atoms with E-state index in [0.717, 1.165) is 5.35 Å². The fourth-order valence-corrected chi connectivity index (χ4v) is 5.25. The van der Waals surface area contributed by atoms with Crippen molar-refractivity contribution in [1.29, 1.82) is 0 Å². The summed E-state index contributed by atoms with van der Waals surface area (Å²) >= 11 is 0. The Bertz CT molecular complexity index is 1810. The summed E-state index contributed by atoms with van der Waals surface area (Å²) in [4.78, 5) is 0. The molecule has 134 valence electrons. The van der Waals surface area contributed by atoms with E-state index >= 15 is 0 Å². The van der Waals surface area contributed by atoms with Crippen LogP contribution in [0.15, 0.2) is 91.0 Å². The molecule has 0 aliphatic rings. The lowest BCUT2D eigenvalue weighted by Gasteiger charge is -2.12. The lowest BCUT2D eigenvalue weighted by atomic mass is 9.98. The van der Waals surface area contributed by atoms with Crippen LogP contribution in [-0.2, 0) is 0 Å². The minimum Gasteiger partial charge on any atom is -0.309 e. The lowest BCUT2D eigenvalue weighted by Crippen LogP contribution is -2.12. The number of hydrogen-bond donors (Lipinski definition) is 0. The van der Waals surface area contributed by atoms with Crippen LogP contribution in [0.5, 0.6) is 0 Å². The molecule has 0 saturated heterocycles. The summed E-state index contributed by atoms with van der Waals surface area (Å²) in [5, 5.41) is 12.6. The summed E-state index contributed by atoms with van der Waals surface area (Å²) in [7, 11) is 0. The van der Waals surface area contributed by atoms with Gasteiger partial charge in [-0.25, -0.2) is 0 Å². The van der Waals surface area contributed by atoms with E-state index < -0.39 is 0 Å². The number of pyridine rings is 1. The largest absolute Gasteiger partial charge is 0.309 e. The van der Waals surface area contributed by atoms with Gasteiger partial charge in [-0.15, -0.1) is 0 Å². The van der Waals surface area contributed by atoms with Gasteiger partial charge < -0.3 is 4.40 Å². The maximum absolute atomic E-state index is 4.55. The normalized spacial score (nSPS) is 12.3. The summed E-state index contributed by atoms with van der Waals surface area (Å²) < 4.78 is 2.38. The van der Waals surface area contributed by atoms with E-state index in [-0.39, 0.29) is 0 Å². The summed E-state index contributed by atoms with van der Waals surface area (Å²) in [6, 6.07) is 33.0. The van der Waals surface area contributed by atoms with Crippen LogP contribution in [0, 0.1) is 0 Å². The Hall–Kier alpha value is -3.84. The van der Waals surface area contributed by atoms with Crippen molar-refractivity contribution in [3.05, 3.63) is 96.3 Å². The summed E-state index contributed by atoms with van der Waals surface area (Å²) in [5.74, 6) is 0. The Balaban J connectivity index is 1.93. The number of fused-ring (bicyclic) bond motifs is 9. The summed E-state index contributed by atoms with van der Waals surface area (Å²) in [6.07, 6.45) is 0. The molecule has 5 aromatic carbocycles. The van der Waals surface area contributed by atoms with Gasteiger partial charge in [0.15, 0.2) is 0 Å². The maximum atomic E-state index is 4.55. The number of aromatic nitrogens is 1. The van der Waals surface area contributed by atoms with Crippen molar-refractivity contribution in [2.24, 2.45) is 0 Å². The van der Waals surface area contributed by atoms with E-state index in [1.807, 2.05) is 0 Å². The van der Waals surface area contributed by atoms with Gasteiger partial charge in [0.2, 0.25) is 0 Å². The second kappa shape index (κ2) is 5.15. The molecule has 7 rings (SSSR count). The van der Waals surface area contributed by atoms with Crippen LogP contribution in [0.2, 0.25) is 0 Å². The monoisotopic (exact) mass is 367 g/mol. The highest BCUT2D eigenvalue weighted by molar-refractivity contribution is 6.27. The first-order valence-corrected chi connectivity index (χ1v) is 9.99. The summed E-state index contributed by atoms with van der Waals surface area (Å²) in [5.41, 5.74) is 2.49. The Morgan fingerprint density at radius 1 is 0.517 bits per heavy atom. The minimum atomic E-state index is 1.06. The predicted molar refractivity (Wildman–Crippen MR) is 126 cm³/mol. The highest BCUT2D eigenvalue weighted by Crippen LogP contribution is 2.38. The molecule has 0 unspecified atom stereocenters. The van der Waals surface area contributed by atoms with Crippen molar-refractivity contribution < 1.29 is 0 Å². The third-order valence-corrected chi connectivity index (χ3v) is 6.45. The van der Waals surface area contributed by atoms with E-state index in [0.29, 0.717) is 0 Å². The van der Waals surface area contributed by atoms with Crippen molar-refractivity contribution >= 4 is 66.1 Å². The first-order valence-electron chi connectivity index (χ1n) is 9.99. The van der Waals surface area contributed by atoms with Crippen LogP contribution in [0.25, 0.3) is 66.1 Å². The third-order valence-electron chi connectivity index (χ3n) is 6.45. The van der Waals surface area contributed by atoms with Gasteiger partial charge in [-0.05, 0) is 27.6 Å². The van der Waals surface area contributed by atoms with Crippen molar-refractivity contribution in [2.45, 2.75) is 0 Å². The van der Waals surface area contributed by atoms with Crippen LogP contribution >= 0.6 is 0 Å². The van der Waals surface area contributed by atoms with Gasteiger partial charge in [-0.3, -0.25) is 0 Å². The number of rotatable bonds is 0. The Morgan fingerprint density at radius 2 is 1.07 bits per heavy atom. The molecule has 0 atom stereocenters. The third kappa shape index (κ3) is 1.76. The van der Waals surface area contributed by atoms with Gasteiger partial charge in [0.05, 0.1) is 11.0 Å². The van der Waals surface area contributed by atoms with Crippen LogP contribution < -0.4 is 5.35 Å². The average Bonchev–Trinajstić information content (AvgIpc) is 3.19. The van der Waals surface area contributed by atoms with Gasteiger partial charge in [0, 0.05) is 32.3 Å². The highest BCUT2D eigenvalue weighted by Gasteiger charge is 2.16. The standard InChI is InChI=1S/C28H17N/c1-17-19-14-6-8-18-9-7-15-24(27(18)19)26-16-25-22-12-3-2-10-20(22)21-11-4-5-13-23(21)28(25)29(17)26/h2-16H,1H2. The van der Waals surface area contributed by atoms with Crippen LogP contribution in [0.4, 0.5) is 0 Å². The molecule has 0 radical (unpaired) electrons. The number of nitrogens with zero attached hydrogens (tertiary/aromatic N) is 1. The second-order valence-electron chi connectivity index (χ2n) is 7.87. The molecule has 0 fully saturated rings. The molecule has 2 aromatic heterocycles. The van der Waals surface area contributed by atoms with Crippen LogP contribution in [0.3, 0.4) is 0 Å². The zero-order valence-corrected chi connectivity index (χ0v) is 15.8. The lowest BCUT2D eigenvalue weighted by molar-refractivity contribution is 1.23. The van der Waals surface area contributed by atoms with Crippen molar-refractivity contribution in [3.8, 4) is 0 Å². The van der Waals surface area contributed by atoms with Gasteiger partial charge >= 0.3 is 0 Å². The fourth-order valence-electron chi connectivity index (χ4n) is 5.25. The van der Waals surface area contributed by atoms with E-state index in [1.165, 1.54) is 59.5 Å². The Morgan fingerprint density at radius 3 is 1.79 bits per heavy atom. The number of benzene rings is 5. The topological polar surface area (TPSA) is 4.41 Å². The molecule has 0 amide bonds. The molecule has 0 aliphatic heterocycles. The predicted octanol–water partition coefficient (Wildman–Crippen LogP) is 6.83. The highest BCUT2D eigenvalue weighted by atomic mass is 14.9. The molecule has 0 N–H and O–H groups in total. The molecule has 7 aromatic rings. The molecular weight excluding hydrogens is 350 g/mol. The number of hydrogen-bond acceptors (Lipinski definition) is 0. The first kappa shape index (κ1) is 15.1. The second-order valence-corrected chi connectivity index (χ2v) is 7.87. The van der Waals surface area contributed by atoms with E-state index in [4.69, 9.17) is 0 Å². The van der Waals surface area contributed by atoms with Gasteiger partial charge in [-0.1, -0.05) is 91.5 Å². The smallest absolute Gasteiger partial charge is 0.0619 e.